The monoisotopic (exact) mass is 380 g/mol. The molecule has 0 bridgehead atoms. The van der Waals surface area contributed by atoms with Gasteiger partial charge < -0.3 is 15.0 Å². The molecule has 2 saturated heterocycles. The van der Waals surface area contributed by atoms with Crippen molar-refractivity contribution in [2.45, 2.75) is 18.9 Å². The minimum absolute atomic E-state index is 0.0709. The molecule has 146 valence electrons. The molecule has 3 N–H and O–H groups in total. The van der Waals surface area contributed by atoms with Crippen LogP contribution in [0.5, 0.6) is 5.75 Å². The van der Waals surface area contributed by atoms with Crippen molar-refractivity contribution < 1.29 is 14.3 Å². The Balaban J connectivity index is 1.50. The first kappa shape index (κ1) is 18.5. The largest absolute Gasteiger partial charge is 0.494 e. The van der Waals surface area contributed by atoms with E-state index in [9.17, 15) is 9.59 Å². The van der Waals surface area contributed by atoms with E-state index in [0.29, 0.717) is 30.9 Å². The van der Waals surface area contributed by atoms with E-state index in [1.54, 1.807) is 18.1 Å². The van der Waals surface area contributed by atoms with Crippen LogP contribution in [0.3, 0.4) is 0 Å². The van der Waals surface area contributed by atoms with Crippen molar-refractivity contribution in [2.24, 2.45) is 5.92 Å². The molecule has 0 aliphatic carbocycles. The van der Waals surface area contributed by atoms with Gasteiger partial charge in [-0.05, 0) is 24.1 Å². The third-order valence-corrected chi connectivity index (χ3v) is 5.29. The minimum atomic E-state index is -0.242. The molecule has 2 aliphatic rings. The number of hydrogen-bond acceptors (Lipinski definition) is 5. The van der Waals surface area contributed by atoms with Crippen LogP contribution in [0.2, 0.25) is 0 Å². The molecule has 0 spiro atoms. The molecule has 7 nitrogen and oxygen atoms in total. The normalized spacial score (nSPS) is 21.8. The standard InChI is InChI=1S/C21H24N4O3/c1-28-18-12-15(9-10-17(18)25-11-5-8-19(25)26)23-21(27)16-13-22-24-20(16)14-6-3-2-4-7-14/h2-4,6-7,9-10,12,16,20,22,24H,5,8,11,13H2,1H3,(H,23,27). The number of amides is 2. The van der Waals surface area contributed by atoms with Gasteiger partial charge in [-0.15, -0.1) is 0 Å². The zero-order chi connectivity index (χ0) is 19.5. The van der Waals surface area contributed by atoms with Crippen LogP contribution in [0.1, 0.15) is 24.4 Å². The fourth-order valence-corrected chi connectivity index (χ4v) is 3.83. The van der Waals surface area contributed by atoms with Gasteiger partial charge in [0.2, 0.25) is 11.8 Å². The molecule has 28 heavy (non-hydrogen) atoms. The van der Waals surface area contributed by atoms with E-state index >= 15 is 0 Å². The summed E-state index contributed by atoms with van der Waals surface area (Å²) in [5.41, 5.74) is 8.72. The van der Waals surface area contributed by atoms with E-state index in [2.05, 4.69) is 16.2 Å². The summed E-state index contributed by atoms with van der Waals surface area (Å²) in [5.74, 6) is 0.367. The summed E-state index contributed by atoms with van der Waals surface area (Å²) < 4.78 is 5.47. The van der Waals surface area contributed by atoms with Crippen LogP contribution in [-0.2, 0) is 9.59 Å². The predicted molar refractivity (Wildman–Crippen MR) is 107 cm³/mol. The predicted octanol–water partition coefficient (Wildman–Crippen LogP) is 2.23. The average Bonchev–Trinajstić information content (AvgIpc) is 3.38. The molecule has 2 fully saturated rings. The van der Waals surface area contributed by atoms with Crippen molar-refractivity contribution in [1.29, 1.82) is 0 Å². The van der Waals surface area contributed by atoms with Gasteiger partial charge in [0, 0.05) is 31.3 Å². The van der Waals surface area contributed by atoms with E-state index in [0.717, 1.165) is 17.7 Å². The molecule has 2 atom stereocenters. The maximum Gasteiger partial charge on any atom is 0.230 e. The molecular formula is C21H24N4O3. The lowest BCUT2D eigenvalue weighted by molar-refractivity contribution is -0.120. The number of anilines is 2. The lowest BCUT2D eigenvalue weighted by Gasteiger charge is -2.21. The van der Waals surface area contributed by atoms with Crippen molar-refractivity contribution >= 4 is 23.2 Å². The second-order valence-electron chi connectivity index (χ2n) is 7.04. The Morgan fingerprint density at radius 2 is 2.04 bits per heavy atom. The van der Waals surface area contributed by atoms with Crippen molar-refractivity contribution in [2.75, 3.05) is 30.4 Å². The molecule has 2 aromatic rings. The Bertz CT molecular complexity index is 871. The van der Waals surface area contributed by atoms with Gasteiger partial charge in [0.05, 0.1) is 24.8 Å². The van der Waals surface area contributed by atoms with Gasteiger partial charge in [0.1, 0.15) is 5.75 Å². The number of rotatable bonds is 5. The van der Waals surface area contributed by atoms with Crippen molar-refractivity contribution in [3.8, 4) is 5.75 Å². The van der Waals surface area contributed by atoms with Gasteiger partial charge in [-0.3, -0.25) is 15.0 Å². The second kappa shape index (κ2) is 8.00. The molecule has 0 aromatic heterocycles. The van der Waals surface area contributed by atoms with Gasteiger partial charge in [-0.1, -0.05) is 30.3 Å². The zero-order valence-corrected chi connectivity index (χ0v) is 15.8. The first-order valence-electron chi connectivity index (χ1n) is 9.50. The molecule has 2 heterocycles. The Kier molecular flexibility index (Phi) is 5.27. The summed E-state index contributed by atoms with van der Waals surface area (Å²) >= 11 is 0. The Labute approximate surface area is 164 Å². The SMILES string of the molecule is COc1cc(NC(=O)C2CNNC2c2ccccc2)ccc1N1CCCC1=O. The van der Waals surface area contributed by atoms with Crippen LogP contribution in [0, 0.1) is 5.92 Å². The maximum atomic E-state index is 12.9. The van der Waals surface area contributed by atoms with Gasteiger partial charge >= 0.3 is 0 Å². The number of hydrogen-bond donors (Lipinski definition) is 3. The first-order chi connectivity index (χ1) is 13.7. The topological polar surface area (TPSA) is 82.7 Å². The van der Waals surface area contributed by atoms with Crippen LogP contribution in [0.15, 0.2) is 48.5 Å². The van der Waals surface area contributed by atoms with E-state index in [1.807, 2.05) is 42.5 Å². The number of benzene rings is 2. The first-order valence-corrected chi connectivity index (χ1v) is 9.50. The third-order valence-electron chi connectivity index (χ3n) is 5.29. The number of ether oxygens (including phenoxy) is 1. The Morgan fingerprint density at radius 1 is 1.21 bits per heavy atom. The number of methoxy groups -OCH3 is 1. The molecule has 2 amide bonds. The molecule has 7 heteroatoms. The third kappa shape index (κ3) is 3.58. The van der Waals surface area contributed by atoms with Gasteiger partial charge in [0.25, 0.3) is 0 Å². The number of carbonyl (C=O) groups excluding carboxylic acids is 2. The highest BCUT2D eigenvalue weighted by atomic mass is 16.5. The highest BCUT2D eigenvalue weighted by Crippen LogP contribution is 2.34. The van der Waals surface area contributed by atoms with E-state index in [1.165, 1.54) is 0 Å². The second-order valence-corrected chi connectivity index (χ2v) is 7.04. The summed E-state index contributed by atoms with van der Waals surface area (Å²) in [7, 11) is 1.57. The molecule has 0 radical (unpaired) electrons. The van der Waals surface area contributed by atoms with E-state index in [4.69, 9.17) is 4.74 Å². The van der Waals surface area contributed by atoms with E-state index in [-0.39, 0.29) is 23.8 Å². The smallest absolute Gasteiger partial charge is 0.230 e. The van der Waals surface area contributed by atoms with Crippen molar-refractivity contribution in [3.63, 3.8) is 0 Å². The summed E-state index contributed by atoms with van der Waals surface area (Å²) in [6.45, 7) is 1.24. The quantitative estimate of drug-likeness (QED) is 0.741. The lowest BCUT2D eigenvalue weighted by Crippen LogP contribution is -2.29. The fraction of sp³-hybridized carbons (Fsp3) is 0.333. The molecule has 2 aliphatic heterocycles. The van der Waals surface area contributed by atoms with Crippen molar-refractivity contribution in [3.05, 3.63) is 54.1 Å². The lowest BCUT2D eigenvalue weighted by atomic mass is 9.94. The summed E-state index contributed by atoms with van der Waals surface area (Å²) in [4.78, 5) is 26.7. The average molecular weight is 380 g/mol. The molecule has 2 aromatic carbocycles. The zero-order valence-electron chi connectivity index (χ0n) is 15.8. The molecule has 2 unspecified atom stereocenters. The fourth-order valence-electron chi connectivity index (χ4n) is 3.83. The number of hydrazine groups is 1. The van der Waals surface area contributed by atoms with Gasteiger partial charge in [-0.2, -0.15) is 0 Å². The molecular weight excluding hydrogens is 356 g/mol. The highest BCUT2D eigenvalue weighted by molar-refractivity contribution is 5.98. The molecule has 4 rings (SSSR count). The van der Waals surface area contributed by atoms with E-state index < -0.39 is 0 Å². The Morgan fingerprint density at radius 3 is 2.75 bits per heavy atom. The Hall–Kier alpha value is -2.90. The number of nitrogens with one attached hydrogen (secondary N) is 3. The summed E-state index contributed by atoms with van der Waals surface area (Å²) in [5, 5.41) is 2.98. The number of carbonyl (C=O) groups is 2. The van der Waals surface area contributed by atoms with Gasteiger partial charge in [0.15, 0.2) is 0 Å². The molecule has 0 saturated carbocycles. The maximum absolute atomic E-state index is 12.9. The van der Waals surface area contributed by atoms with Crippen LogP contribution in [-0.4, -0.2) is 32.0 Å². The van der Waals surface area contributed by atoms with Gasteiger partial charge in [-0.25, -0.2) is 5.43 Å². The van der Waals surface area contributed by atoms with Crippen LogP contribution >= 0.6 is 0 Å². The van der Waals surface area contributed by atoms with Crippen LogP contribution in [0.25, 0.3) is 0 Å². The number of nitrogens with zero attached hydrogens (tertiary/aromatic N) is 1. The van der Waals surface area contributed by atoms with Crippen molar-refractivity contribution in [1.82, 2.24) is 10.9 Å². The van der Waals surface area contributed by atoms with Crippen LogP contribution in [0.4, 0.5) is 11.4 Å². The summed E-state index contributed by atoms with van der Waals surface area (Å²) in [6, 6.07) is 15.2. The van der Waals surface area contributed by atoms with Crippen LogP contribution < -0.4 is 25.8 Å². The highest BCUT2D eigenvalue weighted by Gasteiger charge is 2.34. The summed E-state index contributed by atoms with van der Waals surface area (Å²) in [6.07, 6.45) is 1.41. The minimum Gasteiger partial charge on any atom is -0.494 e.